The zero-order valence-corrected chi connectivity index (χ0v) is 17.2. The van der Waals surface area contributed by atoms with E-state index in [2.05, 4.69) is 20.3 Å². The first kappa shape index (κ1) is 20.3. The lowest BCUT2D eigenvalue weighted by atomic mass is 9.82. The molecule has 0 saturated carbocycles. The molecule has 4 rings (SSSR count). The SMILES string of the molecule is CCOc1ccc(C2(c3cccc(-c4cncnc4)c3)COC(NOC=O)=N2)cc1C. The number of hydrogen-bond donors (Lipinski definition) is 1. The summed E-state index contributed by atoms with van der Waals surface area (Å²) in [6.07, 6.45) is 5.02. The van der Waals surface area contributed by atoms with Crippen molar-refractivity contribution in [3.8, 4) is 16.9 Å². The molecule has 158 valence electrons. The standard InChI is InChI=1S/C23H22N4O4/c1-3-29-21-8-7-20(9-16(21)2)23(13-30-22(26-23)27-31-15-28)19-6-4-5-17(10-19)18-11-24-14-25-12-18/h4-12,14-15H,3,13H2,1-2H3,(H,26,27). The number of hydrogen-bond acceptors (Lipinski definition) is 8. The number of aliphatic imine (C=N–C) groups is 1. The molecular formula is C23H22N4O4. The summed E-state index contributed by atoms with van der Waals surface area (Å²) in [5.41, 5.74) is 6.29. The van der Waals surface area contributed by atoms with Crippen LogP contribution in [0.5, 0.6) is 5.75 Å². The van der Waals surface area contributed by atoms with E-state index in [1.165, 1.54) is 6.33 Å². The number of aromatic nitrogens is 2. The number of rotatable bonds is 7. The van der Waals surface area contributed by atoms with Crippen molar-refractivity contribution >= 4 is 12.5 Å². The van der Waals surface area contributed by atoms with Crippen molar-refractivity contribution in [2.45, 2.75) is 19.4 Å². The molecule has 1 aliphatic heterocycles. The minimum atomic E-state index is -0.838. The lowest BCUT2D eigenvalue weighted by Crippen LogP contribution is -2.27. The van der Waals surface area contributed by atoms with Crippen LogP contribution >= 0.6 is 0 Å². The summed E-state index contributed by atoms with van der Waals surface area (Å²) >= 11 is 0. The van der Waals surface area contributed by atoms with E-state index in [0.717, 1.165) is 33.6 Å². The van der Waals surface area contributed by atoms with Crippen molar-refractivity contribution < 1.29 is 19.1 Å². The highest BCUT2D eigenvalue weighted by atomic mass is 16.7. The van der Waals surface area contributed by atoms with E-state index >= 15 is 0 Å². The Bertz CT molecular complexity index is 1100. The monoisotopic (exact) mass is 418 g/mol. The third-order valence-corrected chi connectivity index (χ3v) is 5.09. The van der Waals surface area contributed by atoms with Gasteiger partial charge in [-0.05, 0) is 54.3 Å². The fourth-order valence-corrected chi connectivity index (χ4v) is 3.63. The van der Waals surface area contributed by atoms with Gasteiger partial charge >= 0.3 is 12.5 Å². The van der Waals surface area contributed by atoms with Gasteiger partial charge in [0.1, 0.15) is 18.7 Å². The third-order valence-electron chi connectivity index (χ3n) is 5.09. The summed E-state index contributed by atoms with van der Waals surface area (Å²) in [6, 6.07) is 14.1. The van der Waals surface area contributed by atoms with Gasteiger partial charge in [-0.15, -0.1) is 0 Å². The minimum Gasteiger partial charge on any atom is -0.494 e. The summed E-state index contributed by atoms with van der Waals surface area (Å²) < 4.78 is 11.4. The maximum Gasteiger partial charge on any atom is 0.320 e. The molecule has 8 heteroatoms. The maximum absolute atomic E-state index is 10.6. The lowest BCUT2D eigenvalue weighted by Gasteiger charge is -2.26. The van der Waals surface area contributed by atoms with Crippen LogP contribution in [0.1, 0.15) is 23.6 Å². The number of nitrogens with one attached hydrogen (secondary N) is 1. The van der Waals surface area contributed by atoms with Crippen molar-refractivity contribution in [1.82, 2.24) is 15.4 Å². The normalized spacial score (nSPS) is 17.4. The van der Waals surface area contributed by atoms with Crippen LogP contribution in [0, 0.1) is 6.92 Å². The van der Waals surface area contributed by atoms with Crippen LogP contribution in [-0.4, -0.2) is 35.7 Å². The maximum atomic E-state index is 10.6. The number of carbonyl (C=O) groups is 1. The van der Waals surface area contributed by atoms with E-state index in [-0.39, 0.29) is 19.1 Å². The Morgan fingerprint density at radius 1 is 1.13 bits per heavy atom. The number of nitrogens with zero attached hydrogens (tertiary/aromatic N) is 3. The first-order chi connectivity index (χ1) is 15.2. The first-order valence-electron chi connectivity index (χ1n) is 9.84. The number of hydroxylamine groups is 1. The molecule has 0 spiro atoms. The third kappa shape index (κ3) is 4.05. The van der Waals surface area contributed by atoms with Crippen LogP contribution in [0.3, 0.4) is 0 Å². The molecule has 0 fully saturated rings. The number of amidine groups is 1. The van der Waals surface area contributed by atoms with Crippen molar-refractivity contribution in [3.63, 3.8) is 0 Å². The van der Waals surface area contributed by atoms with E-state index in [9.17, 15) is 4.79 Å². The van der Waals surface area contributed by atoms with Crippen molar-refractivity contribution in [2.24, 2.45) is 4.99 Å². The van der Waals surface area contributed by atoms with Gasteiger partial charge in [0.05, 0.1) is 6.61 Å². The van der Waals surface area contributed by atoms with Crippen LogP contribution in [0.25, 0.3) is 11.1 Å². The summed E-state index contributed by atoms with van der Waals surface area (Å²) in [6.45, 7) is 5.05. The molecular weight excluding hydrogens is 396 g/mol. The average Bonchev–Trinajstić information content (AvgIpc) is 3.25. The minimum absolute atomic E-state index is 0.132. The molecule has 0 aliphatic carbocycles. The van der Waals surface area contributed by atoms with Crippen molar-refractivity contribution in [1.29, 1.82) is 0 Å². The number of ether oxygens (including phenoxy) is 2. The van der Waals surface area contributed by atoms with Gasteiger partial charge < -0.3 is 14.3 Å². The second-order valence-electron chi connectivity index (χ2n) is 7.00. The number of benzene rings is 2. The van der Waals surface area contributed by atoms with Gasteiger partial charge in [-0.3, -0.25) is 4.79 Å². The second kappa shape index (κ2) is 8.83. The molecule has 1 unspecified atom stereocenters. The lowest BCUT2D eigenvalue weighted by molar-refractivity contribution is -0.132. The second-order valence-corrected chi connectivity index (χ2v) is 7.00. The average molecular weight is 418 g/mol. The summed E-state index contributed by atoms with van der Waals surface area (Å²) in [7, 11) is 0. The van der Waals surface area contributed by atoms with Gasteiger partial charge in [0, 0.05) is 18.0 Å². The van der Waals surface area contributed by atoms with Gasteiger partial charge in [-0.1, -0.05) is 24.3 Å². The Kier molecular flexibility index (Phi) is 5.79. The Hall–Kier alpha value is -3.94. The van der Waals surface area contributed by atoms with Crippen LogP contribution in [0.15, 0.2) is 66.2 Å². The van der Waals surface area contributed by atoms with E-state index in [1.54, 1.807) is 12.4 Å². The van der Waals surface area contributed by atoms with Crippen LogP contribution in [0.4, 0.5) is 0 Å². The predicted octanol–water partition coefficient (Wildman–Crippen LogP) is 3.16. The first-order valence-corrected chi connectivity index (χ1v) is 9.84. The Morgan fingerprint density at radius 3 is 2.68 bits per heavy atom. The van der Waals surface area contributed by atoms with E-state index in [0.29, 0.717) is 6.61 Å². The van der Waals surface area contributed by atoms with Gasteiger partial charge in [-0.2, -0.15) is 5.48 Å². The highest BCUT2D eigenvalue weighted by Crippen LogP contribution is 2.40. The van der Waals surface area contributed by atoms with Crippen LogP contribution < -0.4 is 10.2 Å². The van der Waals surface area contributed by atoms with Crippen LogP contribution in [-0.2, 0) is 19.9 Å². The topological polar surface area (TPSA) is 94.9 Å². The number of carbonyl (C=O) groups excluding carboxylic acids is 1. The Labute approximate surface area is 179 Å². The van der Waals surface area contributed by atoms with E-state index < -0.39 is 5.54 Å². The summed E-state index contributed by atoms with van der Waals surface area (Å²) in [5.74, 6) is 0.821. The number of aryl methyl sites for hydroxylation is 1. The molecule has 0 amide bonds. The molecule has 0 saturated heterocycles. The smallest absolute Gasteiger partial charge is 0.320 e. The molecule has 1 aliphatic rings. The molecule has 1 N–H and O–H groups in total. The predicted molar refractivity (Wildman–Crippen MR) is 114 cm³/mol. The largest absolute Gasteiger partial charge is 0.494 e. The van der Waals surface area contributed by atoms with Gasteiger partial charge in [0.2, 0.25) is 0 Å². The highest BCUT2D eigenvalue weighted by Gasteiger charge is 2.41. The molecule has 2 aromatic carbocycles. The Balaban J connectivity index is 1.82. The zero-order valence-electron chi connectivity index (χ0n) is 17.2. The molecule has 1 atom stereocenters. The molecule has 0 radical (unpaired) electrons. The quantitative estimate of drug-likeness (QED) is 0.465. The fourth-order valence-electron chi connectivity index (χ4n) is 3.63. The van der Waals surface area contributed by atoms with Gasteiger partial charge in [0.25, 0.3) is 0 Å². The van der Waals surface area contributed by atoms with Crippen molar-refractivity contribution in [2.75, 3.05) is 13.2 Å². The molecule has 2 heterocycles. The molecule has 1 aromatic heterocycles. The van der Waals surface area contributed by atoms with Gasteiger partial charge in [0.15, 0.2) is 5.54 Å². The van der Waals surface area contributed by atoms with E-state index in [1.807, 2.05) is 56.3 Å². The fraction of sp³-hybridized carbons (Fsp3) is 0.217. The highest BCUT2D eigenvalue weighted by molar-refractivity contribution is 5.77. The van der Waals surface area contributed by atoms with Crippen molar-refractivity contribution in [3.05, 3.63) is 77.9 Å². The van der Waals surface area contributed by atoms with E-state index in [4.69, 9.17) is 14.5 Å². The molecule has 8 nitrogen and oxygen atoms in total. The summed E-state index contributed by atoms with van der Waals surface area (Å²) in [4.78, 5) is 28.2. The molecule has 3 aromatic rings. The molecule has 31 heavy (non-hydrogen) atoms. The summed E-state index contributed by atoms with van der Waals surface area (Å²) in [5, 5.41) is 0. The zero-order chi connectivity index (χ0) is 21.7. The van der Waals surface area contributed by atoms with Crippen LogP contribution in [0.2, 0.25) is 0 Å². The van der Waals surface area contributed by atoms with Gasteiger partial charge in [-0.25, -0.2) is 15.0 Å². The molecule has 0 bridgehead atoms. The Morgan fingerprint density at radius 2 is 1.94 bits per heavy atom.